The number of thioether (sulfide) groups is 1. The molecule has 3 rings (SSSR count). The second-order valence-electron chi connectivity index (χ2n) is 4.72. The molecule has 1 aliphatic rings. The average molecular weight is 263 g/mol. The standard InChI is InChI=1S/C13H17N3OS/c1-9-7-16(5-6-18-9)8-12-15-13-10(14)3-2-4-11(13)17-12/h2-4,9H,5-8,14H2,1H3. The van der Waals surface area contributed by atoms with Crippen LogP contribution in [-0.2, 0) is 6.54 Å². The Labute approximate surface area is 111 Å². The minimum absolute atomic E-state index is 0.685. The van der Waals surface area contributed by atoms with Crippen molar-refractivity contribution in [2.75, 3.05) is 24.6 Å². The number of benzene rings is 1. The summed E-state index contributed by atoms with van der Waals surface area (Å²) in [4.78, 5) is 6.88. The van der Waals surface area contributed by atoms with Crippen molar-refractivity contribution in [3.63, 3.8) is 0 Å². The van der Waals surface area contributed by atoms with E-state index in [0.29, 0.717) is 10.9 Å². The minimum Gasteiger partial charge on any atom is -0.439 e. The van der Waals surface area contributed by atoms with Gasteiger partial charge in [0.15, 0.2) is 5.58 Å². The van der Waals surface area contributed by atoms with Crippen LogP contribution in [0.5, 0.6) is 0 Å². The molecule has 1 atom stereocenters. The Balaban J connectivity index is 1.80. The maximum Gasteiger partial charge on any atom is 0.209 e. The molecule has 96 valence electrons. The van der Waals surface area contributed by atoms with E-state index in [9.17, 15) is 0 Å². The molecule has 1 aromatic heterocycles. The maximum absolute atomic E-state index is 5.89. The molecular weight excluding hydrogens is 246 g/mol. The van der Waals surface area contributed by atoms with Crippen LogP contribution < -0.4 is 5.73 Å². The van der Waals surface area contributed by atoms with Gasteiger partial charge in [-0.1, -0.05) is 13.0 Å². The smallest absolute Gasteiger partial charge is 0.209 e. The fraction of sp³-hybridized carbons (Fsp3) is 0.462. The molecule has 1 fully saturated rings. The van der Waals surface area contributed by atoms with Gasteiger partial charge in [0.05, 0.1) is 12.2 Å². The Hall–Kier alpha value is -1.20. The third-order valence-corrected chi connectivity index (χ3v) is 4.31. The van der Waals surface area contributed by atoms with Crippen LogP contribution in [0.25, 0.3) is 11.1 Å². The highest BCUT2D eigenvalue weighted by atomic mass is 32.2. The van der Waals surface area contributed by atoms with Crippen molar-refractivity contribution in [1.29, 1.82) is 0 Å². The molecule has 1 unspecified atom stereocenters. The zero-order valence-electron chi connectivity index (χ0n) is 10.4. The van der Waals surface area contributed by atoms with Crippen LogP contribution in [0.1, 0.15) is 12.8 Å². The molecule has 1 aliphatic heterocycles. The van der Waals surface area contributed by atoms with Crippen molar-refractivity contribution < 1.29 is 4.42 Å². The number of aromatic nitrogens is 1. The van der Waals surface area contributed by atoms with Gasteiger partial charge < -0.3 is 10.2 Å². The molecular formula is C13H17N3OS. The third-order valence-electron chi connectivity index (χ3n) is 3.18. The van der Waals surface area contributed by atoms with E-state index in [2.05, 4.69) is 16.8 Å². The predicted molar refractivity (Wildman–Crippen MR) is 75.6 cm³/mol. The Morgan fingerprint density at radius 2 is 2.44 bits per heavy atom. The van der Waals surface area contributed by atoms with Crippen LogP contribution in [0.4, 0.5) is 5.69 Å². The van der Waals surface area contributed by atoms with Gasteiger partial charge in [0, 0.05) is 24.1 Å². The number of anilines is 1. The van der Waals surface area contributed by atoms with Crippen molar-refractivity contribution in [2.45, 2.75) is 18.7 Å². The summed E-state index contributed by atoms with van der Waals surface area (Å²) in [5, 5.41) is 0.688. The second-order valence-corrected chi connectivity index (χ2v) is 6.26. The number of nitrogens with zero attached hydrogens (tertiary/aromatic N) is 2. The highest BCUT2D eigenvalue weighted by molar-refractivity contribution is 7.99. The molecule has 1 aromatic carbocycles. The van der Waals surface area contributed by atoms with Crippen LogP contribution in [0.2, 0.25) is 0 Å². The van der Waals surface area contributed by atoms with Crippen LogP contribution in [0, 0.1) is 0 Å². The van der Waals surface area contributed by atoms with E-state index in [1.165, 1.54) is 5.75 Å². The van der Waals surface area contributed by atoms with Crippen molar-refractivity contribution in [3.05, 3.63) is 24.1 Å². The van der Waals surface area contributed by atoms with E-state index in [1.54, 1.807) is 0 Å². The molecule has 0 radical (unpaired) electrons. The largest absolute Gasteiger partial charge is 0.439 e. The molecule has 0 bridgehead atoms. The predicted octanol–water partition coefficient (Wildman–Crippen LogP) is 2.35. The van der Waals surface area contributed by atoms with Gasteiger partial charge in [-0.05, 0) is 12.1 Å². The quantitative estimate of drug-likeness (QED) is 0.843. The van der Waals surface area contributed by atoms with E-state index >= 15 is 0 Å². The first-order valence-electron chi connectivity index (χ1n) is 6.20. The number of hydrogen-bond donors (Lipinski definition) is 1. The van der Waals surface area contributed by atoms with E-state index in [0.717, 1.165) is 36.6 Å². The third kappa shape index (κ3) is 2.33. The summed E-state index contributed by atoms with van der Waals surface area (Å²) in [6, 6.07) is 5.66. The van der Waals surface area contributed by atoms with Gasteiger partial charge in [-0.25, -0.2) is 4.98 Å². The van der Waals surface area contributed by atoms with Crippen molar-refractivity contribution in [2.24, 2.45) is 0 Å². The van der Waals surface area contributed by atoms with Gasteiger partial charge in [0.25, 0.3) is 0 Å². The van der Waals surface area contributed by atoms with Crippen LogP contribution in [0.3, 0.4) is 0 Å². The lowest BCUT2D eigenvalue weighted by molar-refractivity contribution is 0.252. The molecule has 0 spiro atoms. The lowest BCUT2D eigenvalue weighted by atomic mass is 10.3. The van der Waals surface area contributed by atoms with Crippen molar-refractivity contribution in [1.82, 2.24) is 9.88 Å². The normalized spacial score (nSPS) is 21.5. The monoisotopic (exact) mass is 263 g/mol. The summed E-state index contributed by atoms with van der Waals surface area (Å²) in [7, 11) is 0. The summed E-state index contributed by atoms with van der Waals surface area (Å²) in [5.74, 6) is 1.95. The molecule has 2 heterocycles. The fourth-order valence-electron chi connectivity index (χ4n) is 2.31. The van der Waals surface area contributed by atoms with E-state index in [-0.39, 0.29) is 0 Å². The van der Waals surface area contributed by atoms with Gasteiger partial charge in [0.2, 0.25) is 5.89 Å². The number of rotatable bonds is 2. The molecule has 1 saturated heterocycles. The van der Waals surface area contributed by atoms with E-state index in [1.807, 2.05) is 30.0 Å². The number of hydrogen-bond acceptors (Lipinski definition) is 5. The van der Waals surface area contributed by atoms with Crippen molar-refractivity contribution >= 4 is 28.5 Å². The number of oxazole rings is 1. The SMILES string of the molecule is CC1CN(Cc2nc3c(N)cccc3o2)CCS1. The summed E-state index contributed by atoms with van der Waals surface area (Å²) in [5.41, 5.74) is 8.14. The topological polar surface area (TPSA) is 55.3 Å². The first kappa shape index (κ1) is 11.9. The Bertz CT molecular complexity index is 554. The molecule has 2 N–H and O–H groups in total. The summed E-state index contributed by atoms with van der Waals surface area (Å²) < 4.78 is 5.75. The Morgan fingerprint density at radius 1 is 1.56 bits per heavy atom. The van der Waals surface area contributed by atoms with Gasteiger partial charge >= 0.3 is 0 Å². The summed E-state index contributed by atoms with van der Waals surface area (Å²) >= 11 is 2.03. The Kier molecular flexibility index (Phi) is 3.18. The molecule has 0 aliphatic carbocycles. The van der Waals surface area contributed by atoms with Gasteiger partial charge in [0.1, 0.15) is 5.52 Å². The van der Waals surface area contributed by atoms with E-state index in [4.69, 9.17) is 10.2 Å². The summed E-state index contributed by atoms with van der Waals surface area (Å²) in [6.45, 7) is 5.24. The zero-order valence-corrected chi connectivity index (χ0v) is 11.2. The molecule has 18 heavy (non-hydrogen) atoms. The average Bonchev–Trinajstić information content (AvgIpc) is 2.73. The maximum atomic E-state index is 5.89. The minimum atomic E-state index is 0.685. The van der Waals surface area contributed by atoms with Crippen LogP contribution in [-0.4, -0.2) is 34.0 Å². The highest BCUT2D eigenvalue weighted by Gasteiger charge is 2.19. The first-order valence-corrected chi connectivity index (χ1v) is 7.25. The fourth-order valence-corrected chi connectivity index (χ4v) is 3.39. The molecule has 4 nitrogen and oxygen atoms in total. The van der Waals surface area contributed by atoms with Gasteiger partial charge in [-0.2, -0.15) is 11.8 Å². The van der Waals surface area contributed by atoms with E-state index < -0.39 is 0 Å². The Morgan fingerprint density at radius 3 is 3.22 bits per heavy atom. The lowest BCUT2D eigenvalue weighted by Gasteiger charge is -2.29. The number of nitrogens with two attached hydrogens (primary N) is 1. The summed E-state index contributed by atoms with van der Waals surface area (Å²) in [6.07, 6.45) is 0. The highest BCUT2D eigenvalue weighted by Crippen LogP contribution is 2.23. The molecule has 5 heteroatoms. The molecule has 0 saturated carbocycles. The number of nitrogen functional groups attached to an aromatic ring is 1. The first-order chi connectivity index (χ1) is 8.72. The van der Waals surface area contributed by atoms with Gasteiger partial charge in [-0.15, -0.1) is 0 Å². The molecule has 2 aromatic rings. The zero-order chi connectivity index (χ0) is 12.5. The number of fused-ring (bicyclic) bond motifs is 1. The van der Waals surface area contributed by atoms with Gasteiger partial charge in [-0.3, -0.25) is 4.90 Å². The lowest BCUT2D eigenvalue weighted by Crippen LogP contribution is -2.36. The molecule has 0 amide bonds. The number of para-hydroxylation sites is 1. The van der Waals surface area contributed by atoms with Crippen LogP contribution in [0.15, 0.2) is 22.6 Å². The van der Waals surface area contributed by atoms with Crippen molar-refractivity contribution in [3.8, 4) is 0 Å². The van der Waals surface area contributed by atoms with Crippen LogP contribution >= 0.6 is 11.8 Å². The second kappa shape index (κ2) is 4.82.